The average Bonchev–Trinajstić information content (AvgIpc) is 2.75. The van der Waals surface area contributed by atoms with Gasteiger partial charge in [0.25, 0.3) is 5.91 Å². The highest BCUT2D eigenvalue weighted by Gasteiger charge is 2.24. The van der Waals surface area contributed by atoms with Crippen molar-refractivity contribution >= 4 is 11.9 Å². The molecule has 1 aliphatic heterocycles. The average molecular weight is 399 g/mol. The lowest BCUT2D eigenvalue weighted by Crippen LogP contribution is -2.38. The van der Waals surface area contributed by atoms with E-state index in [9.17, 15) is 9.59 Å². The fourth-order valence-electron chi connectivity index (χ4n) is 3.34. The Morgan fingerprint density at radius 3 is 2.24 bits per heavy atom. The lowest BCUT2D eigenvalue weighted by atomic mass is 9.99. The second-order valence-electron chi connectivity index (χ2n) is 6.80. The van der Waals surface area contributed by atoms with Crippen molar-refractivity contribution < 1.29 is 28.5 Å². The summed E-state index contributed by atoms with van der Waals surface area (Å²) in [6.45, 7) is 2.57. The van der Waals surface area contributed by atoms with E-state index < -0.39 is 5.97 Å². The van der Waals surface area contributed by atoms with Gasteiger partial charge in [0.05, 0.1) is 26.9 Å². The molecule has 7 nitrogen and oxygen atoms in total. The standard InChI is InChI=1S/C22H25NO6/c1-14-5-6-16(10-18(14)26-2)22(25)29-13-21(24)23-8-7-15-9-19(27-3)20(28-4)11-17(15)12-23/h5-6,9-11H,7-8,12-13H2,1-4H3. The van der Waals surface area contributed by atoms with Gasteiger partial charge in [-0.05, 0) is 54.3 Å². The molecule has 2 aromatic carbocycles. The third-order valence-electron chi connectivity index (χ3n) is 5.04. The number of carbonyl (C=O) groups is 2. The maximum Gasteiger partial charge on any atom is 0.338 e. The zero-order valence-corrected chi connectivity index (χ0v) is 17.1. The van der Waals surface area contributed by atoms with Crippen LogP contribution in [0.4, 0.5) is 0 Å². The normalized spacial score (nSPS) is 12.8. The predicted molar refractivity (Wildman–Crippen MR) is 107 cm³/mol. The van der Waals surface area contributed by atoms with Crippen molar-refractivity contribution in [1.82, 2.24) is 4.90 Å². The number of hydrogen-bond acceptors (Lipinski definition) is 6. The monoisotopic (exact) mass is 399 g/mol. The first-order valence-corrected chi connectivity index (χ1v) is 9.30. The van der Waals surface area contributed by atoms with Crippen LogP contribution in [0.15, 0.2) is 30.3 Å². The van der Waals surface area contributed by atoms with Crippen LogP contribution < -0.4 is 14.2 Å². The van der Waals surface area contributed by atoms with Gasteiger partial charge >= 0.3 is 5.97 Å². The minimum atomic E-state index is -0.555. The fraction of sp³-hybridized carbons (Fsp3) is 0.364. The molecule has 0 aliphatic carbocycles. The summed E-state index contributed by atoms with van der Waals surface area (Å²) in [6, 6.07) is 8.87. The number of hydrogen-bond donors (Lipinski definition) is 0. The first-order chi connectivity index (χ1) is 14.0. The van der Waals surface area contributed by atoms with Gasteiger partial charge in [-0.3, -0.25) is 4.79 Å². The lowest BCUT2D eigenvalue weighted by molar-refractivity contribution is -0.135. The number of methoxy groups -OCH3 is 3. The SMILES string of the molecule is COc1cc(C(=O)OCC(=O)N2CCc3cc(OC)c(OC)cc3C2)ccc1C. The third-order valence-corrected chi connectivity index (χ3v) is 5.04. The minimum Gasteiger partial charge on any atom is -0.496 e. The van der Waals surface area contributed by atoms with Crippen LogP contribution in [0.5, 0.6) is 17.2 Å². The maximum absolute atomic E-state index is 12.6. The van der Waals surface area contributed by atoms with Crippen LogP contribution in [-0.2, 0) is 22.5 Å². The summed E-state index contributed by atoms with van der Waals surface area (Å²) < 4.78 is 21.1. The summed E-state index contributed by atoms with van der Waals surface area (Å²) in [6.07, 6.45) is 0.699. The Morgan fingerprint density at radius 1 is 0.931 bits per heavy atom. The van der Waals surface area contributed by atoms with Gasteiger partial charge in [0.2, 0.25) is 0 Å². The Hall–Kier alpha value is -3.22. The number of rotatable bonds is 6. The summed E-state index contributed by atoms with van der Waals surface area (Å²) in [5.74, 6) is 1.11. The van der Waals surface area contributed by atoms with Crippen LogP contribution in [0.3, 0.4) is 0 Å². The van der Waals surface area contributed by atoms with Gasteiger partial charge in [-0.15, -0.1) is 0 Å². The number of esters is 1. The van der Waals surface area contributed by atoms with Crippen LogP contribution in [0, 0.1) is 6.92 Å². The van der Waals surface area contributed by atoms with Crippen molar-refractivity contribution in [3.63, 3.8) is 0 Å². The molecule has 0 N–H and O–H groups in total. The Bertz CT molecular complexity index is 924. The van der Waals surface area contributed by atoms with Gasteiger partial charge in [-0.1, -0.05) is 6.07 Å². The number of ether oxygens (including phenoxy) is 4. The highest BCUT2D eigenvalue weighted by atomic mass is 16.5. The highest BCUT2D eigenvalue weighted by Crippen LogP contribution is 2.33. The van der Waals surface area contributed by atoms with E-state index in [1.165, 1.54) is 0 Å². The second kappa shape index (κ2) is 8.86. The van der Waals surface area contributed by atoms with E-state index in [0.29, 0.717) is 42.3 Å². The molecule has 1 amide bonds. The first-order valence-electron chi connectivity index (χ1n) is 9.30. The van der Waals surface area contributed by atoms with Gasteiger partial charge in [-0.25, -0.2) is 4.79 Å². The molecule has 29 heavy (non-hydrogen) atoms. The molecule has 0 saturated carbocycles. The van der Waals surface area contributed by atoms with Crippen LogP contribution >= 0.6 is 0 Å². The summed E-state index contributed by atoms with van der Waals surface area (Å²) in [5.41, 5.74) is 3.38. The molecule has 1 heterocycles. The summed E-state index contributed by atoms with van der Waals surface area (Å²) in [7, 11) is 4.72. The second-order valence-corrected chi connectivity index (χ2v) is 6.80. The Labute approximate surface area is 170 Å². The van der Waals surface area contributed by atoms with Crippen molar-refractivity contribution in [2.45, 2.75) is 19.9 Å². The van der Waals surface area contributed by atoms with E-state index in [-0.39, 0.29) is 12.5 Å². The molecule has 154 valence electrons. The van der Waals surface area contributed by atoms with Crippen LogP contribution in [-0.4, -0.2) is 51.3 Å². The molecule has 3 rings (SSSR count). The van der Waals surface area contributed by atoms with E-state index in [1.807, 2.05) is 19.1 Å². The van der Waals surface area contributed by atoms with Gasteiger partial charge in [0.1, 0.15) is 5.75 Å². The van der Waals surface area contributed by atoms with Gasteiger partial charge in [0.15, 0.2) is 18.1 Å². The molecule has 0 fully saturated rings. The molecule has 0 bridgehead atoms. The first kappa shape index (κ1) is 20.5. The number of amides is 1. The van der Waals surface area contributed by atoms with Crippen molar-refractivity contribution in [3.8, 4) is 17.2 Å². The number of fused-ring (bicyclic) bond motifs is 1. The van der Waals surface area contributed by atoms with Crippen LogP contribution in [0.25, 0.3) is 0 Å². The van der Waals surface area contributed by atoms with Crippen LogP contribution in [0.2, 0.25) is 0 Å². The van der Waals surface area contributed by atoms with Gasteiger partial charge < -0.3 is 23.8 Å². The smallest absolute Gasteiger partial charge is 0.338 e. The van der Waals surface area contributed by atoms with E-state index in [1.54, 1.807) is 44.4 Å². The van der Waals surface area contributed by atoms with E-state index in [2.05, 4.69) is 0 Å². The van der Waals surface area contributed by atoms with E-state index >= 15 is 0 Å². The van der Waals surface area contributed by atoms with Crippen LogP contribution in [0.1, 0.15) is 27.0 Å². The Balaban J connectivity index is 1.63. The summed E-state index contributed by atoms with van der Waals surface area (Å²) >= 11 is 0. The zero-order chi connectivity index (χ0) is 21.0. The van der Waals surface area contributed by atoms with E-state index in [0.717, 1.165) is 16.7 Å². The summed E-state index contributed by atoms with van der Waals surface area (Å²) in [5, 5.41) is 0. The molecule has 0 aromatic heterocycles. The largest absolute Gasteiger partial charge is 0.496 e. The molecule has 0 radical (unpaired) electrons. The van der Waals surface area contributed by atoms with E-state index in [4.69, 9.17) is 18.9 Å². The van der Waals surface area contributed by atoms with Crippen molar-refractivity contribution in [2.24, 2.45) is 0 Å². The number of nitrogens with zero attached hydrogens (tertiary/aromatic N) is 1. The number of carbonyl (C=O) groups excluding carboxylic acids is 2. The molecule has 2 aromatic rings. The number of benzene rings is 2. The maximum atomic E-state index is 12.6. The Kier molecular flexibility index (Phi) is 6.26. The third kappa shape index (κ3) is 4.45. The van der Waals surface area contributed by atoms with Crippen molar-refractivity contribution in [1.29, 1.82) is 0 Å². The fourth-order valence-corrected chi connectivity index (χ4v) is 3.34. The highest BCUT2D eigenvalue weighted by molar-refractivity contribution is 5.92. The van der Waals surface area contributed by atoms with Gasteiger partial charge in [-0.2, -0.15) is 0 Å². The van der Waals surface area contributed by atoms with Gasteiger partial charge in [0, 0.05) is 13.1 Å². The zero-order valence-electron chi connectivity index (χ0n) is 17.1. The predicted octanol–water partition coefficient (Wildman–Crippen LogP) is 2.76. The molecule has 0 saturated heterocycles. The molecule has 0 atom stereocenters. The topological polar surface area (TPSA) is 74.3 Å². The molecule has 1 aliphatic rings. The molecular weight excluding hydrogens is 374 g/mol. The number of aryl methyl sites for hydroxylation is 1. The quantitative estimate of drug-likeness (QED) is 0.696. The summed E-state index contributed by atoms with van der Waals surface area (Å²) in [4.78, 5) is 26.5. The lowest BCUT2D eigenvalue weighted by Gasteiger charge is -2.29. The molecule has 0 unspecified atom stereocenters. The molecule has 0 spiro atoms. The Morgan fingerprint density at radius 2 is 1.59 bits per heavy atom. The molecular formula is C22H25NO6. The van der Waals surface area contributed by atoms with Crippen molar-refractivity contribution in [2.75, 3.05) is 34.5 Å². The minimum absolute atomic E-state index is 0.238. The molecule has 7 heteroatoms. The van der Waals surface area contributed by atoms with Crippen molar-refractivity contribution in [3.05, 3.63) is 52.6 Å².